The van der Waals surface area contributed by atoms with E-state index in [1.165, 1.54) is 12.1 Å². The molecule has 6 rings (SSSR count). The number of hydrogen-bond donors (Lipinski definition) is 1. The smallest absolute Gasteiger partial charge is 0.410 e. The number of benzene rings is 1. The van der Waals surface area contributed by atoms with Crippen LogP contribution in [0.4, 0.5) is 15.0 Å². The van der Waals surface area contributed by atoms with Gasteiger partial charge in [0.25, 0.3) is 5.91 Å². The van der Waals surface area contributed by atoms with Crippen molar-refractivity contribution < 1.29 is 18.7 Å². The van der Waals surface area contributed by atoms with Crippen molar-refractivity contribution in [3.8, 4) is 11.5 Å². The van der Waals surface area contributed by atoms with E-state index in [0.717, 1.165) is 68.4 Å². The summed E-state index contributed by atoms with van der Waals surface area (Å²) in [5, 5.41) is 11.3. The topological polar surface area (TPSA) is 102 Å². The third-order valence-corrected chi connectivity index (χ3v) is 7.45. The summed E-state index contributed by atoms with van der Waals surface area (Å²) >= 11 is 0. The van der Waals surface area contributed by atoms with Crippen LogP contribution >= 0.6 is 0 Å². The standard InChI is InChI=1S/C27H29FN6O3/c28-21-15-17-11-13-33(27(36)37-19-6-1-2-7-19)16-18(17)14-20(21)26(35)30-23-9-5-8-22(29-23)25-32-31-24-10-3-4-12-34(24)25/h5,8-9,14-15,19H,1-4,6-7,10-13,16H2,(H,29,30,35). The van der Waals surface area contributed by atoms with E-state index < -0.39 is 11.7 Å². The molecule has 9 nitrogen and oxygen atoms in total. The van der Waals surface area contributed by atoms with Crippen LogP contribution in [0.2, 0.25) is 0 Å². The van der Waals surface area contributed by atoms with Crippen LogP contribution in [0.1, 0.15) is 65.8 Å². The number of amides is 2. The van der Waals surface area contributed by atoms with E-state index in [1.54, 1.807) is 17.0 Å². The van der Waals surface area contributed by atoms with E-state index in [9.17, 15) is 14.0 Å². The maximum absolute atomic E-state index is 14.9. The van der Waals surface area contributed by atoms with E-state index in [2.05, 4.69) is 25.1 Å². The van der Waals surface area contributed by atoms with Gasteiger partial charge in [0.05, 0.1) is 5.56 Å². The summed E-state index contributed by atoms with van der Waals surface area (Å²) in [5.41, 5.74) is 2.06. The first-order chi connectivity index (χ1) is 18.0. The Morgan fingerprint density at radius 2 is 1.86 bits per heavy atom. The molecule has 3 aromatic rings. The summed E-state index contributed by atoms with van der Waals surface area (Å²) in [4.78, 5) is 31.9. The molecule has 3 aliphatic rings. The number of carbonyl (C=O) groups excluding carboxylic acids is 2. The molecule has 1 N–H and O–H groups in total. The highest BCUT2D eigenvalue weighted by Gasteiger charge is 2.28. The number of halogens is 1. The van der Waals surface area contributed by atoms with Crippen LogP contribution in [0, 0.1) is 5.82 Å². The number of nitrogens with one attached hydrogen (secondary N) is 1. The fraction of sp³-hybridized carbons (Fsp3) is 0.444. The summed E-state index contributed by atoms with van der Waals surface area (Å²) < 4.78 is 22.6. The van der Waals surface area contributed by atoms with Crippen molar-refractivity contribution in [2.45, 2.75) is 70.6 Å². The molecule has 2 aliphatic heterocycles. The molecule has 0 bridgehead atoms. The van der Waals surface area contributed by atoms with Crippen molar-refractivity contribution in [1.29, 1.82) is 0 Å². The summed E-state index contributed by atoms with van der Waals surface area (Å²) in [6.45, 7) is 1.58. The number of hydrogen-bond acceptors (Lipinski definition) is 6. The maximum atomic E-state index is 14.9. The second-order valence-corrected chi connectivity index (χ2v) is 9.97. The molecule has 0 unspecified atom stereocenters. The number of anilines is 1. The van der Waals surface area contributed by atoms with Crippen molar-refractivity contribution in [1.82, 2.24) is 24.6 Å². The minimum Gasteiger partial charge on any atom is -0.446 e. The zero-order chi connectivity index (χ0) is 25.4. The van der Waals surface area contributed by atoms with E-state index in [1.807, 2.05) is 6.07 Å². The molecule has 2 amide bonds. The lowest BCUT2D eigenvalue weighted by atomic mass is 9.96. The van der Waals surface area contributed by atoms with Gasteiger partial charge in [-0.05, 0) is 80.3 Å². The summed E-state index contributed by atoms with van der Waals surface area (Å²) in [7, 11) is 0. The molecule has 1 aromatic carbocycles. The molecule has 0 spiro atoms. The number of aryl methyl sites for hydroxylation is 1. The lowest BCUT2D eigenvalue weighted by Crippen LogP contribution is -2.38. The Hall–Kier alpha value is -3.82. The van der Waals surface area contributed by atoms with Gasteiger partial charge < -0.3 is 19.5 Å². The van der Waals surface area contributed by atoms with E-state index in [0.29, 0.717) is 30.3 Å². The molecule has 37 heavy (non-hydrogen) atoms. The molecule has 1 saturated carbocycles. The third kappa shape index (κ3) is 4.80. The molecular formula is C27H29FN6O3. The number of carbonyl (C=O) groups is 2. The number of aromatic nitrogens is 4. The van der Waals surface area contributed by atoms with Gasteiger partial charge in [-0.2, -0.15) is 0 Å². The van der Waals surface area contributed by atoms with Gasteiger partial charge in [0, 0.05) is 26.1 Å². The van der Waals surface area contributed by atoms with Crippen LogP contribution in [0.25, 0.3) is 11.5 Å². The van der Waals surface area contributed by atoms with Crippen LogP contribution in [-0.2, 0) is 30.7 Å². The minimum atomic E-state index is -0.598. The number of ether oxygens (including phenoxy) is 1. The van der Waals surface area contributed by atoms with E-state index in [-0.39, 0.29) is 24.3 Å². The second-order valence-electron chi connectivity index (χ2n) is 9.97. The van der Waals surface area contributed by atoms with Gasteiger partial charge in [0.1, 0.15) is 29.3 Å². The van der Waals surface area contributed by atoms with Crippen molar-refractivity contribution in [2.24, 2.45) is 0 Å². The highest BCUT2D eigenvalue weighted by Crippen LogP contribution is 2.27. The number of rotatable bonds is 4. The Morgan fingerprint density at radius 3 is 2.73 bits per heavy atom. The SMILES string of the molecule is O=C(Nc1cccc(-c2nnc3n2CCCC3)n1)c1cc2c(cc1F)CCN(C(=O)OC1CCCC1)C2. The second kappa shape index (κ2) is 9.91. The molecule has 1 fully saturated rings. The quantitative estimate of drug-likeness (QED) is 0.561. The summed E-state index contributed by atoms with van der Waals surface area (Å²) in [6.07, 6.45) is 7.15. The molecule has 2 aromatic heterocycles. The predicted molar refractivity (Wildman–Crippen MR) is 133 cm³/mol. The van der Waals surface area contributed by atoms with Crippen molar-refractivity contribution in [2.75, 3.05) is 11.9 Å². The fourth-order valence-corrected chi connectivity index (χ4v) is 5.44. The molecule has 192 valence electrons. The Morgan fingerprint density at radius 1 is 1.00 bits per heavy atom. The number of nitrogens with zero attached hydrogens (tertiary/aromatic N) is 5. The average Bonchev–Trinajstić information content (AvgIpc) is 3.58. The van der Waals surface area contributed by atoms with Crippen molar-refractivity contribution in [3.05, 3.63) is 58.7 Å². The fourth-order valence-electron chi connectivity index (χ4n) is 5.44. The number of pyridine rings is 1. The zero-order valence-corrected chi connectivity index (χ0v) is 20.6. The van der Waals surface area contributed by atoms with E-state index in [4.69, 9.17) is 4.74 Å². The first-order valence-electron chi connectivity index (χ1n) is 13.0. The van der Waals surface area contributed by atoms with Gasteiger partial charge >= 0.3 is 6.09 Å². The zero-order valence-electron chi connectivity index (χ0n) is 20.6. The first-order valence-corrected chi connectivity index (χ1v) is 13.0. The Bertz CT molecular complexity index is 1350. The van der Waals surface area contributed by atoms with Crippen LogP contribution < -0.4 is 5.32 Å². The van der Waals surface area contributed by atoms with Crippen molar-refractivity contribution >= 4 is 17.8 Å². The highest BCUT2D eigenvalue weighted by atomic mass is 19.1. The highest BCUT2D eigenvalue weighted by molar-refractivity contribution is 6.04. The molecule has 0 saturated heterocycles. The molecule has 4 heterocycles. The van der Waals surface area contributed by atoms with Gasteiger partial charge in [-0.1, -0.05) is 6.07 Å². The van der Waals surface area contributed by atoms with Gasteiger partial charge in [0.2, 0.25) is 0 Å². The summed E-state index contributed by atoms with van der Waals surface area (Å²) in [5.74, 6) is 0.708. The summed E-state index contributed by atoms with van der Waals surface area (Å²) in [6, 6.07) is 8.19. The lowest BCUT2D eigenvalue weighted by Gasteiger charge is -2.29. The Labute approximate surface area is 214 Å². The lowest BCUT2D eigenvalue weighted by molar-refractivity contribution is 0.0618. The van der Waals surface area contributed by atoms with Gasteiger partial charge in [-0.25, -0.2) is 14.2 Å². The van der Waals surface area contributed by atoms with Crippen LogP contribution in [-0.4, -0.2) is 49.3 Å². The van der Waals surface area contributed by atoms with Gasteiger partial charge in [0.15, 0.2) is 5.82 Å². The molecule has 0 atom stereocenters. The van der Waals surface area contributed by atoms with E-state index >= 15 is 0 Å². The Balaban J connectivity index is 1.18. The third-order valence-electron chi connectivity index (χ3n) is 7.45. The molecule has 10 heteroatoms. The van der Waals surface area contributed by atoms with Crippen LogP contribution in [0.15, 0.2) is 30.3 Å². The van der Waals surface area contributed by atoms with Crippen LogP contribution in [0.3, 0.4) is 0 Å². The van der Waals surface area contributed by atoms with Crippen LogP contribution in [0.5, 0.6) is 0 Å². The van der Waals surface area contributed by atoms with Gasteiger partial charge in [-0.3, -0.25) is 4.79 Å². The largest absolute Gasteiger partial charge is 0.446 e. The minimum absolute atomic E-state index is 0.0185. The predicted octanol–water partition coefficient (Wildman–Crippen LogP) is 4.51. The number of fused-ring (bicyclic) bond motifs is 2. The molecule has 0 radical (unpaired) electrons. The monoisotopic (exact) mass is 504 g/mol. The van der Waals surface area contributed by atoms with Crippen molar-refractivity contribution in [3.63, 3.8) is 0 Å². The normalized spacial score (nSPS) is 17.3. The first kappa shape index (κ1) is 23.6. The Kier molecular flexibility index (Phi) is 6.31. The maximum Gasteiger partial charge on any atom is 0.410 e. The molecule has 1 aliphatic carbocycles. The average molecular weight is 505 g/mol. The van der Waals surface area contributed by atoms with Gasteiger partial charge in [-0.15, -0.1) is 10.2 Å². The molecular weight excluding hydrogens is 475 g/mol.